The van der Waals surface area contributed by atoms with E-state index in [1.54, 1.807) is 5.69 Å². The Morgan fingerprint density at radius 3 is 1.84 bits per heavy atom. The van der Waals surface area contributed by atoms with E-state index in [-0.39, 0.29) is 0 Å². The van der Waals surface area contributed by atoms with E-state index >= 15 is 0 Å². The summed E-state index contributed by atoms with van der Waals surface area (Å²) < 4.78 is 2.75. The second kappa shape index (κ2) is 8.18. The molecule has 4 aliphatic rings. The topological polar surface area (TPSA) is 3.88 Å². The Bertz CT molecular complexity index is 1050. The van der Waals surface area contributed by atoms with Crippen molar-refractivity contribution in [1.29, 1.82) is 0 Å². The Balaban J connectivity index is 1.58. The van der Waals surface area contributed by atoms with Gasteiger partial charge in [-0.3, -0.25) is 0 Å². The molecule has 0 N–H and O–H groups in total. The molecule has 0 spiro atoms. The molecule has 0 saturated heterocycles. The van der Waals surface area contributed by atoms with Gasteiger partial charge in [-0.15, -0.1) is 0 Å². The van der Waals surface area contributed by atoms with Gasteiger partial charge in [0.1, 0.15) is 6.54 Å². The van der Waals surface area contributed by atoms with Crippen LogP contribution in [0.5, 0.6) is 0 Å². The first-order valence-corrected chi connectivity index (χ1v) is 12.9. The highest BCUT2D eigenvalue weighted by Crippen LogP contribution is 2.60. The van der Waals surface area contributed by atoms with E-state index in [2.05, 4.69) is 84.3 Å². The Labute approximate surface area is 193 Å². The highest BCUT2D eigenvalue weighted by Gasteiger charge is 2.55. The summed E-state index contributed by atoms with van der Waals surface area (Å²) in [5.74, 6) is 2.88. The molecule has 3 aromatic rings. The average molecular weight is 423 g/mol. The van der Waals surface area contributed by atoms with Crippen LogP contribution in [0.25, 0.3) is 22.4 Å². The summed E-state index contributed by atoms with van der Waals surface area (Å²) >= 11 is 0. The van der Waals surface area contributed by atoms with Crippen molar-refractivity contribution in [3.8, 4) is 22.4 Å². The molecule has 1 nitrogen and oxygen atoms in total. The quantitative estimate of drug-likeness (QED) is 0.361. The molecular formula is C31H36N+. The first-order chi connectivity index (χ1) is 15.7. The van der Waals surface area contributed by atoms with E-state index in [0.717, 1.165) is 24.3 Å². The van der Waals surface area contributed by atoms with Crippen LogP contribution < -0.4 is 4.57 Å². The number of hydrogen-bond acceptors (Lipinski definition) is 0. The number of aromatic nitrogens is 1. The van der Waals surface area contributed by atoms with Gasteiger partial charge in [0.25, 0.3) is 0 Å². The number of hydrogen-bond donors (Lipinski definition) is 0. The standard InChI is InChI=1S/C31H36N/c1-2-3-14-32-29(27-12-8-5-9-13-27)18-28(26-10-6-4-7-11-26)19-30(32)31-20-23-15-24(21-31)17-25(16-23)22-31/h4-13,18-19,23-25H,2-3,14-17,20-22H2,1H3/q+1. The Morgan fingerprint density at radius 2 is 1.28 bits per heavy atom. The Morgan fingerprint density at radius 1 is 0.719 bits per heavy atom. The van der Waals surface area contributed by atoms with Crippen LogP contribution in [0.15, 0.2) is 72.8 Å². The molecule has 1 aromatic heterocycles. The summed E-state index contributed by atoms with van der Waals surface area (Å²) in [6, 6.07) is 27.3. The van der Waals surface area contributed by atoms with Crippen LogP contribution in [0.4, 0.5) is 0 Å². The normalized spacial score (nSPS) is 28.2. The van der Waals surface area contributed by atoms with Crippen LogP contribution in [0.2, 0.25) is 0 Å². The van der Waals surface area contributed by atoms with Crippen LogP contribution in [-0.4, -0.2) is 0 Å². The summed E-state index contributed by atoms with van der Waals surface area (Å²) in [5, 5.41) is 0. The third-order valence-electron chi connectivity index (χ3n) is 8.66. The van der Waals surface area contributed by atoms with Crippen molar-refractivity contribution >= 4 is 0 Å². The Hall–Kier alpha value is -2.41. The fourth-order valence-corrected chi connectivity index (χ4v) is 7.69. The lowest BCUT2D eigenvalue weighted by molar-refractivity contribution is -0.698. The maximum absolute atomic E-state index is 2.75. The van der Waals surface area contributed by atoms with E-state index in [9.17, 15) is 0 Å². The van der Waals surface area contributed by atoms with Gasteiger partial charge < -0.3 is 0 Å². The molecule has 4 bridgehead atoms. The fraction of sp³-hybridized carbons (Fsp3) is 0.452. The molecule has 164 valence electrons. The van der Waals surface area contributed by atoms with E-state index in [4.69, 9.17) is 0 Å². The van der Waals surface area contributed by atoms with E-state index in [1.165, 1.54) is 73.8 Å². The van der Waals surface area contributed by atoms with Gasteiger partial charge in [0.2, 0.25) is 5.69 Å². The smallest absolute Gasteiger partial charge is 0.195 e. The third-order valence-corrected chi connectivity index (χ3v) is 8.66. The number of rotatable bonds is 6. The van der Waals surface area contributed by atoms with E-state index < -0.39 is 0 Å². The lowest BCUT2D eigenvalue weighted by atomic mass is 9.48. The van der Waals surface area contributed by atoms with E-state index in [1.807, 2.05) is 0 Å². The first-order valence-electron chi connectivity index (χ1n) is 12.9. The third kappa shape index (κ3) is 3.51. The molecule has 4 saturated carbocycles. The average Bonchev–Trinajstić information content (AvgIpc) is 2.82. The molecule has 0 atom stereocenters. The van der Waals surface area contributed by atoms with Gasteiger partial charge in [-0.25, -0.2) is 0 Å². The number of pyridine rings is 1. The summed E-state index contributed by atoms with van der Waals surface area (Å²) in [5.41, 5.74) is 7.53. The molecule has 0 unspecified atom stereocenters. The van der Waals surface area contributed by atoms with Crippen molar-refractivity contribution in [1.82, 2.24) is 0 Å². The minimum absolute atomic E-state index is 0.386. The zero-order chi connectivity index (χ0) is 21.5. The first kappa shape index (κ1) is 20.2. The van der Waals surface area contributed by atoms with Crippen LogP contribution in [0.3, 0.4) is 0 Å². The highest BCUT2D eigenvalue weighted by molar-refractivity contribution is 5.69. The second-order valence-corrected chi connectivity index (χ2v) is 10.9. The fourth-order valence-electron chi connectivity index (χ4n) is 7.69. The summed E-state index contributed by atoms with van der Waals surface area (Å²) in [7, 11) is 0. The maximum atomic E-state index is 2.75. The number of benzene rings is 2. The SMILES string of the molecule is CCCC[n+]1c(-c2ccccc2)cc(-c2ccccc2)cc1C12CC3CC(CC(C3)C1)C2. The minimum atomic E-state index is 0.386. The maximum Gasteiger partial charge on any atom is 0.213 e. The Kier molecular flexibility index (Phi) is 5.17. The van der Waals surface area contributed by atoms with Gasteiger partial charge in [0.15, 0.2) is 5.69 Å². The van der Waals surface area contributed by atoms with Crippen molar-refractivity contribution < 1.29 is 4.57 Å². The largest absolute Gasteiger partial charge is 0.213 e. The molecule has 1 heterocycles. The van der Waals surface area contributed by atoms with Crippen molar-refractivity contribution in [3.05, 3.63) is 78.5 Å². The summed E-state index contributed by atoms with van der Waals surface area (Å²) in [4.78, 5) is 0. The molecule has 4 fully saturated rings. The van der Waals surface area contributed by atoms with Gasteiger partial charge in [-0.05, 0) is 79.5 Å². The molecule has 0 amide bonds. The minimum Gasteiger partial charge on any atom is -0.195 e. The number of nitrogens with zero attached hydrogens (tertiary/aromatic N) is 1. The molecule has 7 rings (SSSR count). The van der Waals surface area contributed by atoms with Crippen LogP contribution in [-0.2, 0) is 12.0 Å². The van der Waals surface area contributed by atoms with Crippen molar-refractivity contribution in [2.75, 3.05) is 0 Å². The molecule has 0 aliphatic heterocycles. The zero-order valence-electron chi connectivity index (χ0n) is 19.5. The lowest BCUT2D eigenvalue weighted by Gasteiger charge is -2.55. The zero-order valence-corrected chi connectivity index (χ0v) is 19.5. The number of unbranched alkanes of at least 4 members (excludes halogenated alkanes) is 1. The molecule has 2 aromatic carbocycles. The van der Waals surface area contributed by atoms with Gasteiger partial charge in [0, 0.05) is 24.1 Å². The van der Waals surface area contributed by atoms with Gasteiger partial charge in [-0.2, -0.15) is 4.57 Å². The van der Waals surface area contributed by atoms with Crippen LogP contribution in [0, 0.1) is 17.8 Å². The van der Waals surface area contributed by atoms with Gasteiger partial charge in [0.05, 0.1) is 5.41 Å². The predicted molar refractivity (Wildman–Crippen MR) is 132 cm³/mol. The highest BCUT2D eigenvalue weighted by atomic mass is 15.0. The van der Waals surface area contributed by atoms with Crippen molar-refractivity contribution in [2.45, 2.75) is 70.3 Å². The van der Waals surface area contributed by atoms with Gasteiger partial charge >= 0.3 is 0 Å². The molecule has 0 radical (unpaired) electrons. The van der Waals surface area contributed by atoms with Crippen LogP contribution in [0.1, 0.15) is 64.0 Å². The predicted octanol–water partition coefficient (Wildman–Crippen LogP) is 7.58. The lowest BCUT2D eigenvalue weighted by Crippen LogP contribution is -2.55. The molecule has 4 aliphatic carbocycles. The molecular weight excluding hydrogens is 386 g/mol. The molecule has 32 heavy (non-hydrogen) atoms. The molecule has 1 heteroatoms. The summed E-state index contributed by atoms with van der Waals surface area (Å²) in [6.45, 7) is 3.46. The monoisotopic (exact) mass is 422 g/mol. The summed E-state index contributed by atoms with van der Waals surface area (Å²) in [6.07, 6.45) is 11.2. The van der Waals surface area contributed by atoms with E-state index in [0.29, 0.717) is 5.41 Å². The van der Waals surface area contributed by atoms with Crippen LogP contribution >= 0.6 is 0 Å². The van der Waals surface area contributed by atoms with Crippen molar-refractivity contribution in [2.24, 2.45) is 17.8 Å². The second-order valence-electron chi connectivity index (χ2n) is 10.9. The van der Waals surface area contributed by atoms with Gasteiger partial charge in [-0.1, -0.05) is 61.9 Å². The van der Waals surface area contributed by atoms with Crippen molar-refractivity contribution in [3.63, 3.8) is 0 Å².